The van der Waals surface area contributed by atoms with Gasteiger partial charge >= 0.3 is 17.9 Å². The van der Waals surface area contributed by atoms with Gasteiger partial charge in [0, 0.05) is 5.56 Å². The van der Waals surface area contributed by atoms with Crippen LogP contribution in [0.15, 0.2) is 48.5 Å². The second kappa shape index (κ2) is 4.91. The summed E-state index contributed by atoms with van der Waals surface area (Å²) in [4.78, 5) is 12.1. The molecule has 22 heavy (non-hydrogen) atoms. The molecule has 0 aromatic heterocycles. The Morgan fingerprint density at radius 1 is 1.05 bits per heavy atom. The van der Waals surface area contributed by atoms with E-state index in [4.69, 9.17) is 16.3 Å². The van der Waals surface area contributed by atoms with Crippen LogP contribution in [0.1, 0.15) is 15.9 Å². The van der Waals surface area contributed by atoms with Crippen LogP contribution in [-0.2, 0) is 10.5 Å². The van der Waals surface area contributed by atoms with Crippen molar-refractivity contribution in [3.05, 3.63) is 64.7 Å². The Balaban J connectivity index is 2.21. The summed E-state index contributed by atoms with van der Waals surface area (Å²) in [5, 5.41) is 2.31. The zero-order valence-corrected chi connectivity index (χ0v) is 11.7. The van der Waals surface area contributed by atoms with E-state index in [-0.39, 0.29) is 21.8 Å². The first kappa shape index (κ1) is 14.7. The van der Waals surface area contributed by atoms with Crippen LogP contribution in [0, 0.1) is 0 Å². The van der Waals surface area contributed by atoms with Gasteiger partial charge in [0.15, 0.2) is 0 Å². The average molecular weight is 328 g/mol. The van der Waals surface area contributed by atoms with Crippen LogP contribution in [0.3, 0.4) is 0 Å². The lowest BCUT2D eigenvalue weighted by Gasteiger charge is -2.40. The number of benzene rings is 2. The normalized spacial score (nSPS) is 20.8. The lowest BCUT2D eigenvalue weighted by molar-refractivity contribution is -0.254. The molecule has 0 spiro atoms. The Bertz CT molecular complexity index is 733. The van der Waals surface area contributed by atoms with Crippen LogP contribution in [0.4, 0.5) is 18.9 Å². The monoisotopic (exact) mass is 327 g/mol. The van der Waals surface area contributed by atoms with Crippen molar-refractivity contribution in [2.24, 2.45) is 0 Å². The van der Waals surface area contributed by atoms with E-state index in [9.17, 15) is 18.0 Å². The lowest BCUT2D eigenvalue weighted by atomic mass is 9.98. The molecule has 0 bridgehead atoms. The highest BCUT2D eigenvalue weighted by Crippen LogP contribution is 2.47. The average Bonchev–Trinajstić information content (AvgIpc) is 2.46. The van der Waals surface area contributed by atoms with Gasteiger partial charge in [0.25, 0.3) is 0 Å². The Morgan fingerprint density at radius 2 is 1.73 bits per heavy atom. The number of hydrogen-bond acceptors (Lipinski definition) is 3. The van der Waals surface area contributed by atoms with Gasteiger partial charge in [-0.25, -0.2) is 4.79 Å². The van der Waals surface area contributed by atoms with E-state index in [1.807, 2.05) is 0 Å². The molecule has 3 rings (SSSR count). The Kier molecular flexibility index (Phi) is 3.29. The number of halogens is 4. The maximum Gasteiger partial charge on any atom is 0.453 e. The van der Waals surface area contributed by atoms with Gasteiger partial charge in [-0.05, 0) is 12.1 Å². The van der Waals surface area contributed by atoms with Crippen LogP contribution < -0.4 is 5.32 Å². The van der Waals surface area contributed by atoms with Gasteiger partial charge in [-0.2, -0.15) is 13.2 Å². The molecule has 114 valence electrons. The standard InChI is InChI=1S/C15H9ClF3NO2/c16-10-7-4-8-11-12(10)13(21)22-14(20-11,15(17,18)19)9-5-2-1-3-6-9/h1-8,20H/t14-/m0/s1. The number of alkyl halides is 3. The van der Waals surface area contributed by atoms with E-state index in [1.54, 1.807) is 6.07 Å². The molecule has 1 aliphatic heterocycles. The van der Waals surface area contributed by atoms with Gasteiger partial charge in [-0.1, -0.05) is 48.0 Å². The van der Waals surface area contributed by atoms with E-state index >= 15 is 0 Å². The van der Waals surface area contributed by atoms with Crippen molar-refractivity contribution < 1.29 is 22.7 Å². The molecule has 2 aromatic rings. The molecular formula is C15H9ClF3NO2. The largest absolute Gasteiger partial charge is 0.453 e. The highest BCUT2D eigenvalue weighted by molar-refractivity contribution is 6.34. The maximum atomic E-state index is 13.7. The van der Waals surface area contributed by atoms with Crippen molar-refractivity contribution >= 4 is 23.3 Å². The predicted octanol–water partition coefficient (Wildman–Crippen LogP) is 4.34. The number of esters is 1. The number of rotatable bonds is 1. The van der Waals surface area contributed by atoms with Crippen molar-refractivity contribution in [1.29, 1.82) is 0 Å². The molecule has 0 aliphatic carbocycles. The molecule has 1 aliphatic rings. The molecule has 0 radical (unpaired) electrons. The zero-order chi connectivity index (χ0) is 16.0. The van der Waals surface area contributed by atoms with Crippen molar-refractivity contribution in [1.82, 2.24) is 0 Å². The van der Waals surface area contributed by atoms with Gasteiger partial charge in [-0.15, -0.1) is 0 Å². The lowest BCUT2D eigenvalue weighted by Crippen LogP contribution is -2.54. The topological polar surface area (TPSA) is 38.3 Å². The fraction of sp³-hybridized carbons (Fsp3) is 0.133. The quantitative estimate of drug-likeness (QED) is 0.792. The molecule has 1 atom stereocenters. The number of hydrogen-bond donors (Lipinski definition) is 1. The molecule has 0 amide bonds. The minimum absolute atomic E-state index is 0.0232. The third kappa shape index (κ3) is 2.11. The summed E-state index contributed by atoms with van der Waals surface area (Å²) >= 11 is 5.87. The Labute approximate surface area is 128 Å². The van der Waals surface area contributed by atoms with Crippen LogP contribution in [0.2, 0.25) is 5.02 Å². The van der Waals surface area contributed by atoms with Gasteiger partial charge in [0.05, 0.1) is 10.7 Å². The summed E-state index contributed by atoms with van der Waals surface area (Å²) in [5.41, 5.74) is -3.30. The molecule has 0 unspecified atom stereocenters. The van der Waals surface area contributed by atoms with Crippen LogP contribution in [0.5, 0.6) is 0 Å². The molecule has 0 saturated heterocycles. The number of cyclic esters (lactones) is 1. The number of nitrogens with one attached hydrogen (secondary N) is 1. The van der Waals surface area contributed by atoms with E-state index in [0.29, 0.717) is 0 Å². The molecule has 1 heterocycles. The smallest absolute Gasteiger partial charge is 0.421 e. The summed E-state index contributed by atoms with van der Waals surface area (Å²) in [6.07, 6.45) is -4.86. The van der Waals surface area contributed by atoms with E-state index < -0.39 is 17.9 Å². The van der Waals surface area contributed by atoms with Crippen molar-refractivity contribution in [3.63, 3.8) is 0 Å². The second-order valence-electron chi connectivity index (χ2n) is 4.72. The number of ether oxygens (including phenoxy) is 1. The third-order valence-electron chi connectivity index (χ3n) is 3.35. The Morgan fingerprint density at radius 3 is 2.36 bits per heavy atom. The van der Waals surface area contributed by atoms with E-state index in [2.05, 4.69) is 5.32 Å². The summed E-state index contributed by atoms with van der Waals surface area (Å²) < 4.78 is 45.8. The molecule has 0 saturated carbocycles. The number of fused-ring (bicyclic) bond motifs is 1. The van der Waals surface area contributed by atoms with Crippen LogP contribution in [-0.4, -0.2) is 12.1 Å². The van der Waals surface area contributed by atoms with Crippen LogP contribution in [0.25, 0.3) is 0 Å². The minimum atomic E-state index is -4.86. The van der Waals surface area contributed by atoms with Crippen molar-refractivity contribution in [2.45, 2.75) is 11.9 Å². The molecular weight excluding hydrogens is 319 g/mol. The minimum Gasteiger partial charge on any atom is -0.421 e. The molecule has 2 aromatic carbocycles. The van der Waals surface area contributed by atoms with E-state index in [1.165, 1.54) is 42.5 Å². The van der Waals surface area contributed by atoms with Gasteiger partial charge in [0.1, 0.15) is 5.56 Å². The summed E-state index contributed by atoms with van der Waals surface area (Å²) in [6, 6.07) is 11.1. The second-order valence-corrected chi connectivity index (χ2v) is 5.13. The fourth-order valence-electron chi connectivity index (χ4n) is 2.34. The summed E-state index contributed by atoms with van der Waals surface area (Å²) in [6.45, 7) is 0. The van der Waals surface area contributed by atoms with Crippen LogP contribution >= 0.6 is 11.6 Å². The molecule has 1 N–H and O–H groups in total. The summed E-state index contributed by atoms with van der Waals surface area (Å²) in [5.74, 6) is -1.12. The van der Waals surface area contributed by atoms with Gasteiger partial charge in [0.2, 0.25) is 0 Å². The predicted molar refractivity (Wildman–Crippen MR) is 74.7 cm³/mol. The fourth-order valence-corrected chi connectivity index (χ4v) is 2.59. The molecule has 7 heteroatoms. The third-order valence-corrected chi connectivity index (χ3v) is 3.67. The first-order valence-corrected chi connectivity index (χ1v) is 6.65. The van der Waals surface area contributed by atoms with Gasteiger partial charge < -0.3 is 10.1 Å². The van der Waals surface area contributed by atoms with Crippen molar-refractivity contribution in [3.8, 4) is 0 Å². The van der Waals surface area contributed by atoms with Crippen molar-refractivity contribution in [2.75, 3.05) is 5.32 Å². The highest BCUT2D eigenvalue weighted by atomic mass is 35.5. The summed E-state index contributed by atoms with van der Waals surface area (Å²) in [7, 11) is 0. The molecule has 3 nitrogen and oxygen atoms in total. The van der Waals surface area contributed by atoms with E-state index in [0.717, 1.165) is 0 Å². The SMILES string of the molecule is O=C1O[C@@](c2ccccc2)(C(F)(F)F)Nc2cccc(Cl)c21. The maximum absolute atomic E-state index is 13.7. The molecule has 0 fully saturated rings. The zero-order valence-electron chi connectivity index (χ0n) is 10.9. The number of carbonyl (C=O) groups excluding carboxylic acids is 1. The Hall–Kier alpha value is -2.21. The number of carbonyl (C=O) groups is 1. The number of anilines is 1. The first-order valence-electron chi connectivity index (χ1n) is 6.27. The highest BCUT2D eigenvalue weighted by Gasteiger charge is 2.62. The van der Waals surface area contributed by atoms with Gasteiger partial charge in [-0.3, -0.25) is 0 Å². The first-order chi connectivity index (χ1) is 10.3.